The number of H-pyrrole nitrogens is 1. The van der Waals surface area contributed by atoms with E-state index in [2.05, 4.69) is 4.98 Å². The number of rotatable bonds is 17. The van der Waals surface area contributed by atoms with Gasteiger partial charge in [-0.15, -0.1) is 0 Å². The van der Waals surface area contributed by atoms with Gasteiger partial charge in [0.05, 0.1) is 44.6 Å². The summed E-state index contributed by atoms with van der Waals surface area (Å²) in [5.74, 6) is -0.109. The number of nitriles is 1. The van der Waals surface area contributed by atoms with E-state index in [0.29, 0.717) is 44.5 Å². The molecule has 2 heterocycles. The lowest BCUT2D eigenvalue weighted by Crippen LogP contribution is -2.39. The van der Waals surface area contributed by atoms with Gasteiger partial charge in [-0.25, -0.2) is 9.46 Å². The quantitative estimate of drug-likeness (QED) is 0.196. The molecule has 222 valence electrons. The van der Waals surface area contributed by atoms with E-state index in [4.69, 9.17) is 23.6 Å². The van der Waals surface area contributed by atoms with E-state index in [1.807, 2.05) is 31.5 Å². The maximum absolute atomic E-state index is 12.9. The molecule has 1 aliphatic heterocycles. The minimum absolute atomic E-state index is 0.0286. The summed E-state index contributed by atoms with van der Waals surface area (Å²) < 4.78 is 38.9. The Morgan fingerprint density at radius 3 is 2.56 bits per heavy atom. The van der Waals surface area contributed by atoms with Gasteiger partial charge in [-0.1, -0.05) is 0 Å². The second-order valence-electron chi connectivity index (χ2n) is 9.99. The van der Waals surface area contributed by atoms with Gasteiger partial charge in [-0.2, -0.15) is 5.26 Å². The molecule has 0 saturated carbocycles. The first-order valence-corrected chi connectivity index (χ1v) is 16.5. The van der Waals surface area contributed by atoms with Crippen LogP contribution in [0.25, 0.3) is 0 Å². The third-order valence-corrected chi connectivity index (χ3v) is 10.4. The first-order chi connectivity index (χ1) is 18.5. The molecule has 14 heteroatoms. The van der Waals surface area contributed by atoms with Crippen LogP contribution >= 0.6 is 16.1 Å². The predicted molar refractivity (Wildman–Crippen MR) is 149 cm³/mol. The van der Waals surface area contributed by atoms with Gasteiger partial charge in [0, 0.05) is 29.8 Å². The zero-order chi connectivity index (χ0) is 29.2. The van der Waals surface area contributed by atoms with Crippen LogP contribution in [0.4, 0.5) is 0 Å². The summed E-state index contributed by atoms with van der Waals surface area (Å²) in [7, 11) is -5.08. The Hall–Kier alpha value is -1.41. The van der Waals surface area contributed by atoms with E-state index in [0.717, 1.165) is 0 Å². The van der Waals surface area contributed by atoms with E-state index in [9.17, 15) is 19.0 Å². The highest BCUT2D eigenvalue weighted by Crippen LogP contribution is 2.50. The molecule has 1 saturated heterocycles. The summed E-state index contributed by atoms with van der Waals surface area (Å²) >= 11 is 0. The monoisotopic (exact) mass is 590 g/mol. The van der Waals surface area contributed by atoms with Crippen molar-refractivity contribution in [2.45, 2.75) is 98.1 Å². The summed E-state index contributed by atoms with van der Waals surface area (Å²) in [6, 6.07) is 1.85. The zero-order valence-electron chi connectivity index (χ0n) is 23.9. The van der Waals surface area contributed by atoms with Gasteiger partial charge in [-0.3, -0.25) is 18.9 Å². The molecule has 5 atom stereocenters. The minimum atomic E-state index is -3.17. The molecule has 12 nitrogen and oxygen atoms in total. The summed E-state index contributed by atoms with van der Waals surface area (Å²) in [6.45, 7) is 11.9. The molecule has 1 aromatic heterocycles. The van der Waals surface area contributed by atoms with E-state index >= 15 is 0 Å². The van der Waals surface area contributed by atoms with Gasteiger partial charge in [0.15, 0.2) is 0 Å². The van der Waals surface area contributed by atoms with Crippen molar-refractivity contribution in [3.05, 3.63) is 32.6 Å². The van der Waals surface area contributed by atoms with Crippen LogP contribution in [0.2, 0.25) is 0 Å². The van der Waals surface area contributed by atoms with Crippen LogP contribution in [0.3, 0.4) is 0 Å². The Balaban J connectivity index is 2.23. The van der Waals surface area contributed by atoms with Gasteiger partial charge in [0.1, 0.15) is 6.23 Å². The van der Waals surface area contributed by atoms with Crippen LogP contribution in [-0.4, -0.2) is 63.3 Å². The van der Waals surface area contributed by atoms with Crippen molar-refractivity contribution in [3.63, 3.8) is 0 Å². The van der Waals surface area contributed by atoms with E-state index < -0.39 is 33.6 Å². The first kappa shape index (κ1) is 33.8. The highest BCUT2D eigenvalue weighted by molar-refractivity contribution is 7.53. The van der Waals surface area contributed by atoms with E-state index in [1.54, 1.807) is 20.8 Å². The Bertz CT molecular complexity index is 1090. The van der Waals surface area contributed by atoms with Gasteiger partial charge < -0.3 is 23.2 Å². The average molecular weight is 591 g/mol. The lowest BCUT2D eigenvalue weighted by Gasteiger charge is -2.36. The second kappa shape index (κ2) is 16.1. The fraction of sp³-hybridized carbons (Fsp3) is 0.800. The number of nitrogens with zero attached hydrogens (tertiary/aromatic N) is 3. The molecule has 1 fully saturated rings. The molecule has 1 aromatic rings. The Labute approximate surface area is 232 Å². The van der Waals surface area contributed by atoms with E-state index in [1.165, 1.54) is 10.8 Å². The first-order valence-electron chi connectivity index (χ1n) is 13.6. The largest absolute Gasteiger partial charge is 0.354 e. The molecule has 0 bridgehead atoms. The number of aryl methyl sites for hydroxylation is 1. The number of hydrogen-bond donors (Lipinski definition) is 2. The van der Waals surface area contributed by atoms with Crippen LogP contribution in [-0.2, 0) is 22.9 Å². The fourth-order valence-electron chi connectivity index (χ4n) is 5.02. The summed E-state index contributed by atoms with van der Waals surface area (Å²) in [6.07, 6.45) is 3.53. The number of aromatic nitrogens is 2. The van der Waals surface area contributed by atoms with Crippen molar-refractivity contribution in [2.75, 3.05) is 26.0 Å². The van der Waals surface area contributed by atoms with Gasteiger partial charge in [0.2, 0.25) is 0 Å². The van der Waals surface area contributed by atoms with Crippen LogP contribution in [0.5, 0.6) is 0 Å². The van der Waals surface area contributed by atoms with Crippen molar-refractivity contribution in [1.82, 2.24) is 14.2 Å². The molecule has 0 amide bonds. The summed E-state index contributed by atoms with van der Waals surface area (Å²) in [5.41, 5.74) is -0.586. The molecule has 3 unspecified atom stereocenters. The van der Waals surface area contributed by atoms with Gasteiger partial charge >= 0.3 is 13.3 Å². The number of hydrogen-bond acceptors (Lipinski definition) is 10. The maximum atomic E-state index is 12.9. The number of nitrogens with one attached hydrogen (secondary N) is 1. The summed E-state index contributed by atoms with van der Waals surface area (Å²) in [5, 5.41) is 8.80. The molecular formula is C25H44N4O8P2. The second-order valence-corrected chi connectivity index (χ2v) is 13.4. The molecule has 0 radical (unpaired) electrons. The number of aromatic amines is 1. The Morgan fingerprint density at radius 2 is 1.97 bits per heavy atom. The van der Waals surface area contributed by atoms with Crippen molar-refractivity contribution < 1.29 is 27.8 Å². The lowest BCUT2D eigenvalue weighted by molar-refractivity contribution is -0.0222. The third kappa shape index (κ3) is 9.87. The average Bonchev–Trinajstić information content (AvgIpc) is 3.23. The maximum Gasteiger partial charge on any atom is 0.330 e. The molecular weight excluding hydrogens is 546 g/mol. The Kier molecular flexibility index (Phi) is 14.0. The SMILES string of the molecule is CCOP(=O)(CCC[C@@H]1CC(CC(C)N(C(C)C)P(O)OCCC#N)[C@H](n2cc(C)c(=O)[nH]c2=O)O1)OCC. The number of ether oxygens (including phenoxy) is 1. The minimum Gasteiger partial charge on any atom is -0.354 e. The molecule has 2 rings (SSSR count). The van der Waals surface area contributed by atoms with Crippen LogP contribution < -0.4 is 11.2 Å². The third-order valence-electron chi connectivity index (χ3n) is 6.57. The van der Waals surface area contributed by atoms with Gasteiger partial charge in [-0.05, 0) is 67.2 Å². The highest BCUT2D eigenvalue weighted by atomic mass is 31.2. The molecule has 1 aliphatic rings. The molecule has 2 N–H and O–H groups in total. The van der Waals surface area contributed by atoms with Crippen molar-refractivity contribution in [3.8, 4) is 6.07 Å². The standard InChI is InChI=1S/C25H44N4O8P2/c1-7-35-39(33,36-8-2)14-9-11-22-16-21(24(37-22)28-17-19(5)23(30)27-25(28)31)15-20(6)29(18(3)4)38(32)34-13-10-12-26/h17-18,20-22,24,32H,7-11,13-16H2,1-6H3,(H,27,30,31)/t20?,21?,22-,24-,38?/m1/s1. The zero-order valence-corrected chi connectivity index (χ0v) is 25.7. The molecule has 0 aromatic carbocycles. The van der Waals surface area contributed by atoms with Gasteiger partial charge in [0.25, 0.3) is 14.1 Å². The van der Waals surface area contributed by atoms with Crippen LogP contribution in [0.1, 0.15) is 78.5 Å². The Morgan fingerprint density at radius 1 is 1.31 bits per heavy atom. The van der Waals surface area contributed by atoms with E-state index in [-0.39, 0.29) is 43.3 Å². The molecule has 0 spiro atoms. The predicted octanol–water partition coefficient (Wildman–Crippen LogP) is 4.43. The molecule has 0 aliphatic carbocycles. The lowest BCUT2D eigenvalue weighted by atomic mass is 9.94. The van der Waals surface area contributed by atoms with Crippen molar-refractivity contribution >= 4 is 16.1 Å². The van der Waals surface area contributed by atoms with Crippen molar-refractivity contribution in [2.24, 2.45) is 5.92 Å². The normalized spacial score (nSPS) is 21.4. The van der Waals surface area contributed by atoms with Crippen LogP contribution in [0.15, 0.2) is 15.8 Å². The topological polar surface area (TPSA) is 156 Å². The highest BCUT2D eigenvalue weighted by Gasteiger charge is 2.40. The molecule has 39 heavy (non-hydrogen) atoms. The summed E-state index contributed by atoms with van der Waals surface area (Å²) in [4.78, 5) is 37.9. The van der Waals surface area contributed by atoms with Crippen LogP contribution in [0, 0.1) is 24.2 Å². The van der Waals surface area contributed by atoms with Crippen molar-refractivity contribution in [1.29, 1.82) is 5.26 Å². The smallest absolute Gasteiger partial charge is 0.330 e. The fourth-order valence-corrected chi connectivity index (χ4v) is 7.92.